The summed E-state index contributed by atoms with van der Waals surface area (Å²) in [6.45, 7) is 3.50. The smallest absolute Gasteiger partial charge is 0.337 e. The highest BCUT2D eigenvalue weighted by atomic mass is 79.9. The summed E-state index contributed by atoms with van der Waals surface area (Å²) < 4.78 is 10.1. The van der Waals surface area contributed by atoms with Crippen molar-refractivity contribution in [1.82, 2.24) is 0 Å². The molecule has 0 N–H and O–H groups in total. The number of carbonyl (C=O) groups is 2. The lowest BCUT2D eigenvalue weighted by atomic mass is 9.91. The Balaban J connectivity index is 2.74. The lowest BCUT2D eigenvalue weighted by molar-refractivity contribution is -0.129. The number of ether oxygens (including phenoxy) is 2. The predicted molar refractivity (Wildman–Crippen MR) is 80.6 cm³/mol. The maximum absolute atomic E-state index is 12.1. The van der Waals surface area contributed by atoms with Crippen LogP contribution in [-0.2, 0) is 9.53 Å². The van der Waals surface area contributed by atoms with E-state index in [1.54, 1.807) is 38.1 Å². The molecule has 1 aromatic rings. The van der Waals surface area contributed by atoms with Gasteiger partial charge >= 0.3 is 5.97 Å². The van der Waals surface area contributed by atoms with Gasteiger partial charge in [-0.25, -0.2) is 4.79 Å². The van der Waals surface area contributed by atoms with Crippen LogP contribution < -0.4 is 4.74 Å². The first-order chi connectivity index (χ1) is 9.31. The molecule has 0 heterocycles. The summed E-state index contributed by atoms with van der Waals surface area (Å²) >= 11 is 8.95. The predicted octanol–water partition coefficient (Wildman–Crippen LogP) is 3.41. The number of carbonyl (C=O) groups excluding carboxylic acids is 2. The van der Waals surface area contributed by atoms with E-state index in [1.165, 1.54) is 7.11 Å². The van der Waals surface area contributed by atoms with E-state index in [0.29, 0.717) is 11.3 Å². The first-order valence-electron chi connectivity index (χ1n) is 5.91. The van der Waals surface area contributed by atoms with E-state index >= 15 is 0 Å². The summed E-state index contributed by atoms with van der Waals surface area (Å²) in [5.41, 5.74) is -0.264. The monoisotopic (exact) mass is 362 g/mol. The highest BCUT2D eigenvalue weighted by molar-refractivity contribution is 9.09. The normalized spacial score (nSPS) is 12.7. The van der Waals surface area contributed by atoms with Gasteiger partial charge in [-0.2, -0.15) is 0 Å². The van der Waals surface area contributed by atoms with Crippen LogP contribution in [0.25, 0.3) is 0 Å². The Bertz CT molecular complexity index is 484. The molecule has 0 aliphatic heterocycles. The molecule has 0 fully saturated rings. The van der Waals surface area contributed by atoms with Crippen molar-refractivity contribution in [1.29, 1.82) is 0 Å². The molecule has 20 heavy (non-hydrogen) atoms. The second-order valence-electron chi connectivity index (χ2n) is 4.83. The lowest BCUT2D eigenvalue weighted by Gasteiger charge is -2.23. The number of halogens is 2. The van der Waals surface area contributed by atoms with E-state index in [1.807, 2.05) is 0 Å². The third-order valence-corrected chi connectivity index (χ3v) is 3.99. The number of esters is 1. The van der Waals surface area contributed by atoms with Crippen LogP contribution in [0.15, 0.2) is 24.3 Å². The summed E-state index contributed by atoms with van der Waals surface area (Å²) in [6, 6.07) is 6.33. The van der Waals surface area contributed by atoms with Crippen LogP contribution in [0.3, 0.4) is 0 Å². The molecule has 0 aromatic heterocycles. The van der Waals surface area contributed by atoms with Crippen molar-refractivity contribution in [2.75, 3.05) is 13.0 Å². The van der Waals surface area contributed by atoms with Crippen LogP contribution in [0.5, 0.6) is 5.75 Å². The number of methoxy groups -OCH3 is 1. The van der Waals surface area contributed by atoms with Crippen LogP contribution in [0.4, 0.5) is 0 Å². The van der Waals surface area contributed by atoms with E-state index in [4.69, 9.17) is 16.3 Å². The summed E-state index contributed by atoms with van der Waals surface area (Å²) in [4.78, 5) is 23.4. The van der Waals surface area contributed by atoms with Gasteiger partial charge in [-0.3, -0.25) is 4.79 Å². The fourth-order valence-electron chi connectivity index (χ4n) is 1.33. The van der Waals surface area contributed by atoms with Crippen molar-refractivity contribution in [2.45, 2.75) is 18.9 Å². The van der Waals surface area contributed by atoms with Crippen molar-refractivity contribution < 1.29 is 19.1 Å². The topological polar surface area (TPSA) is 52.6 Å². The van der Waals surface area contributed by atoms with Gasteiger partial charge in [-0.1, -0.05) is 13.8 Å². The molecule has 0 saturated heterocycles. The second-order valence-corrected chi connectivity index (χ2v) is 5.93. The van der Waals surface area contributed by atoms with Crippen molar-refractivity contribution in [2.24, 2.45) is 5.41 Å². The number of benzene rings is 1. The molecular weight excluding hydrogens is 348 g/mol. The molecule has 0 saturated carbocycles. The summed E-state index contributed by atoms with van der Waals surface area (Å²) in [5, 5.41) is -0.791. The average molecular weight is 364 g/mol. The Morgan fingerprint density at radius 2 is 1.85 bits per heavy atom. The number of hydrogen-bond acceptors (Lipinski definition) is 4. The highest BCUT2D eigenvalue weighted by Crippen LogP contribution is 2.25. The van der Waals surface area contributed by atoms with Gasteiger partial charge in [0.25, 0.3) is 0 Å². The van der Waals surface area contributed by atoms with Crippen molar-refractivity contribution in [3.63, 3.8) is 0 Å². The van der Waals surface area contributed by atoms with Crippen molar-refractivity contribution >= 4 is 39.3 Å². The maximum Gasteiger partial charge on any atom is 0.337 e. The quantitative estimate of drug-likeness (QED) is 0.574. The van der Waals surface area contributed by atoms with Gasteiger partial charge < -0.3 is 9.47 Å². The third-order valence-electron chi connectivity index (χ3n) is 2.72. The molecule has 0 aliphatic rings. The van der Waals surface area contributed by atoms with Crippen LogP contribution >= 0.6 is 27.5 Å². The van der Waals surface area contributed by atoms with Gasteiger partial charge in [-0.05, 0) is 40.2 Å². The summed E-state index contributed by atoms with van der Waals surface area (Å²) in [6.07, 6.45) is 0. The largest absolute Gasteiger partial charge is 0.471 e. The van der Waals surface area contributed by atoms with Crippen LogP contribution in [0.1, 0.15) is 24.2 Å². The molecule has 0 bridgehead atoms. The summed E-state index contributed by atoms with van der Waals surface area (Å²) in [7, 11) is 1.31. The second kappa shape index (κ2) is 7.09. The van der Waals surface area contributed by atoms with Gasteiger partial charge in [0.2, 0.25) is 5.01 Å². The van der Waals surface area contributed by atoms with Crippen LogP contribution in [0, 0.1) is 5.41 Å². The van der Waals surface area contributed by atoms with Gasteiger partial charge in [0.05, 0.1) is 12.7 Å². The van der Waals surface area contributed by atoms with Crippen LogP contribution in [-0.4, -0.2) is 29.8 Å². The third kappa shape index (κ3) is 4.21. The number of hydrogen-bond donors (Lipinski definition) is 0. The van der Waals surface area contributed by atoms with Crippen molar-refractivity contribution in [3.05, 3.63) is 29.8 Å². The molecule has 0 spiro atoms. The molecule has 110 valence electrons. The Kier molecular flexibility index (Phi) is 6.02. The maximum atomic E-state index is 12.1. The zero-order valence-corrected chi connectivity index (χ0v) is 13.8. The first kappa shape index (κ1) is 17.0. The van der Waals surface area contributed by atoms with Gasteiger partial charge in [0.1, 0.15) is 5.75 Å². The lowest BCUT2D eigenvalue weighted by Crippen LogP contribution is -2.35. The Morgan fingerprint density at radius 1 is 1.30 bits per heavy atom. The fourth-order valence-corrected chi connectivity index (χ4v) is 2.30. The number of alkyl halides is 2. The molecule has 1 atom stereocenters. The molecule has 0 radical (unpaired) electrons. The van der Waals surface area contributed by atoms with Gasteiger partial charge in [-0.15, -0.1) is 11.6 Å². The first-order valence-corrected chi connectivity index (χ1v) is 7.36. The van der Waals surface area contributed by atoms with E-state index in [9.17, 15) is 9.59 Å². The van der Waals surface area contributed by atoms with Crippen LogP contribution in [0.2, 0.25) is 0 Å². The molecule has 1 unspecified atom stereocenters. The molecular formula is C14H16BrClO4. The Morgan fingerprint density at radius 3 is 2.30 bits per heavy atom. The zero-order chi connectivity index (χ0) is 15.3. The minimum Gasteiger partial charge on any atom is -0.471 e. The molecule has 1 aromatic carbocycles. The number of ketones is 1. The van der Waals surface area contributed by atoms with Gasteiger partial charge in [0.15, 0.2) is 5.78 Å². The Hall–Kier alpha value is -1.07. The van der Waals surface area contributed by atoms with E-state index in [2.05, 4.69) is 20.7 Å². The molecule has 4 nitrogen and oxygen atoms in total. The minimum absolute atomic E-state index is 0.149. The summed E-state index contributed by atoms with van der Waals surface area (Å²) in [5.74, 6) is 0.104. The zero-order valence-electron chi connectivity index (χ0n) is 11.5. The molecule has 0 aliphatic carbocycles. The molecule has 0 amide bonds. The number of Topliss-reactive ketones (excluding diaryl/α,β-unsaturated/α-hetero) is 1. The van der Waals surface area contributed by atoms with Crippen molar-refractivity contribution in [3.8, 4) is 5.75 Å². The van der Waals surface area contributed by atoms with E-state index in [-0.39, 0.29) is 11.7 Å². The number of rotatable bonds is 6. The standard InChI is InChI=1S/C14H16BrClO4/c1-14(2,8-16)11(17)12(15)20-10-6-4-9(5-7-10)13(18)19-3/h4-7,12H,8H2,1-3H3. The minimum atomic E-state index is -0.791. The highest BCUT2D eigenvalue weighted by Gasteiger charge is 2.33. The SMILES string of the molecule is COC(=O)c1ccc(OC(Br)C(=O)C(C)(C)CCl)cc1. The molecule has 1 rings (SSSR count). The Labute approximate surface area is 131 Å². The average Bonchev–Trinajstić information content (AvgIpc) is 2.46. The van der Waals surface area contributed by atoms with E-state index in [0.717, 1.165) is 0 Å². The van der Waals surface area contributed by atoms with Gasteiger partial charge in [0, 0.05) is 11.3 Å². The van der Waals surface area contributed by atoms with E-state index < -0.39 is 16.4 Å². The fraction of sp³-hybridized carbons (Fsp3) is 0.429. The molecule has 6 heteroatoms.